The normalized spacial score (nSPS) is 30.9. The van der Waals surface area contributed by atoms with E-state index in [1.807, 2.05) is 6.07 Å². The van der Waals surface area contributed by atoms with E-state index < -0.39 is 0 Å². The Morgan fingerprint density at radius 1 is 1.35 bits per heavy atom. The van der Waals surface area contributed by atoms with Crippen LogP contribution < -0.4 is 15.2 Å². The quantitative estimate of drug-likeness (QED) is 0.784. The van der Waals surface area contributed by atoms with Crippen LogP contribution in [-0.4, -0.2) is 37.7 Å². The number of rotatable bonds is 1. The molecule has 0 bridgehead atoms. The summed E-state index contributed by atoms with van der Waals surface area (Å²) in [5.74, 6) is 1.78. The van der Waals surface area contributed by atoms with Gasteiger partial charge in [-0.05, 0) is 31.6 Å². The lowest BCUT2D eigenvalue weighted by atomic mass is 9.69. The molecule has 128 valence electrons. The van der Waals surface area contributed by atoms with Crippen LogP contribution in [0.1, 0.15) is 24.0 Å². The maximum atomic E-state index is 6.33. The van der Waals surface area contributed by atoms with Gasteiger partial charge in [0.2, 0.25) is 0 Å². The number of nitrogens with zero attached hydrogens (tertiary/aromatic N) is 1. The van der Waals surface area contributed by atoms with Gasteiger partial charge < -0.3 is 20.1 Å². The summed E-state index contributed by atoms with van der Waals surface area (Å²) < 4.78 is 11.9. The Balaban J connectivity index is 0.000000960. The minimum atomic E-state index is -0.0279. The molecular formula is C17H24Cl2N2O2. The molecule has 2 N–H and O–H groups in total. The van der Waals surface area contributed by atoms with Crippen molar-refractivity contribution in [2.24, 2.45) is 5.73 Å². The molecule has 0 amide bonds. The van der Waals surface area contributed by atoms with Crippen molar-refractivity contribution >= 4 is 24.8 Å². The van der Waals surface area contributed by atoms with E-state index in [2.05, 4.69) is 30.2 Å². The fraction of sp³-hybridized carbons (Fsp3) is 0.529. The second-order valence-electron chi connectivity index (χ2n) is 6.52. The number of ether oxygens (including phenoxy) is 2. The summed E-state index contributed by atoms with van der Waals surface area (Å²) in [5.41, 5.74) is 8.78. The standard InChI is InChI=1S/C17H22N2O2.2ClH/c1-19-8-7-17-6-5-12(18)9-14(17)21-16-13(20-2)4-3-11(10-19)15(16)17;;/h3-6,12,14H,7-10,18H2,1-2H3;2*1H/t12-,14+,17+;;/m1../s1. The molecule has 4 rings (SSSR count). The molecule has 2 aliphatic heterocycles. The lowest BCUT2D eigenvalue weighted by Gasteiger charge is -2.36. The molecule has 1 spiro atoms. The van der Waals surface area contributed by atoms with E-state index in [1.165, 1.54) is 11.1 Å². The van der Waals surface area contributed by atoms with Gasteiger partial charge in [-0.15, -0.1) is 24.8 Å². The zero-order valence-corrected chi connectivity index (χ0v) is 15.1. The van der Waals surface area contributed by atoms with E-state index in [1.54, 1.807) is 7.11 Å². The Morgan fingerprint density at radius 3 is 2.87 bits per heavy atom. The number of hydrogen-bond acceptors (Lipinski definition) is 4. The van der Waals surface area contributed by atoms with Gasteiger partial charge in [0, 0.05) is 24.6 Å². The highest BCUT2D eigenvalue weighted by atomic mass is 35.5. The second-order valence-corrected chi connectivity index (χ2v) is 6.52. The average molecular weight is 359 g/mol. The number of nitrogens with two attached hydrogens (primary N) is 1. The smallest absolute Gasteiger partial charge is 0.166 e. The van der Waals surface area contributed by atoms with E-state index in [9.17, 15) is 0 Å². The summed E-state index contributed by atoms with van der Waals surface area (Å²) in [6.45, 7) is 2.03. The predicted octanol–water partition coefficient (Wildman–Crippen LogP) is 2.66. The molecule has 0 unspecified atom stereocenters. The summed E-state index contributed by atoms with van der Waals surface area (Å²) in [6, 6.07) is 4.31. The van der Waals surface area contributed by atoms with Crippen LogP contribution in [0.25, 0.3) is 0 Å². The van der Waals surface area contributed by atoms with E-state index in [4.69, 9.17) is 15.2 Å². The molecule has 1 aromatic rings. The van der Waals surface area contributed by atoms with Crippen molar-refractivity contribution < 1.29 is 9.47 Å². The molecule has 3 aliphatic rings. The van der Waals surface area contributed by atoms with Crippen molar-refractivity contribution in [3.05, 3.63) is 35.4 Å². The molecule has 0 aromatic heterocycles. The summed E-state index contributed by atoms with van der Waals surface area (Å²) in [7, 11) is 3.89. The molecule has 3 atom stereocenters. The first-order chi connectivity index (χ1) is 10.1. The van der Waals surface area contributed by atoms with Crippen molar-refractivity contribution in [2.45, 2.75) is 36.9 Å². The van der Waals surface area contributed by atoms with Crippen LogP contribution >= 0.6 is 24.8 Å². The predicted molar refractivity (Wildman–Crippen MR) is 96.3 cm³/mol. The monoisotopic (exact) mass is 358 g/mol. The van der Waals surface area contributed by atoms with Crippen LogP contribution in [0.3, 0.4) is 0 Å². The van der Waals surface area contributed by atoms with Gasteiger partial charge in [0.15, 0.2) is 11.5 Å². The zero-order chi connectivity index (χ0) is 14.6. The third kappa shape index (κ3) is 2.62. The molecule has 23 heavy (non-hydrogen) atoms. The van der Waals surface area contributed by atoms with Crippen LogP contribution in [-0.2, 0) is 12.0 Å². The number of hydrogen-bond donors (Lipinski definition) is 1. The zero-order valence-electron chi connectivity index (χ0n) is 13.5. The van der Waals surface area contributed by atoms with E-state index in [0.29, 0.717) is 0 Å². The fourth-order valence-corrected chi connectivity index (χ4v) is 4.12. The second kappa shape index (κ2) is 6.52. The topological polar surface area (TPSA) is 47.7 Å². The first kappa shape index (κ1) is 18.4. The number of methoxy groups -OCH3 is 1. The van der Waals surface area contributed by atoms with Crippen LogP contribution in [0.2, 0.25) is 0 Å². The largest absolute Gasteiger partial charge is 0.493 e. The molecule has 0 radical (unpaired) electrons. The van der Waals surface area contributed by atoms with Gasteiger partial charge >= 0.3 is 0 Å². The van der Waals surface area contributed by atoms with Crippen molar-refractivity contribution in [1.29, 1.82) is 0 Å². The van der Waals surface area contributed by atoms with Gasteiger partial charge in [-0.25, -0.2) is 0 Å². The third-order valence-electron chi connectivity index (χ3n) is 5.20. The minimum absolute atomic E-state index is 0. The van der Waals surface area contributed by atoms with Crippen molar-refractivity contribution in [1.82, 2.24) is 4.90 Å². The van der Waals surface area contributed by atoms with Gasteiger partial charge in [0.25, 0.3) is 0 Å². The van der Waals surface area contributed by atoms with Crippen molar-refractivity contribution in [3.63, 3.8) is 0 Å². The third-order valence-corrected chi connectivity index (χ3v) is 5.20. The Labute approximate surface area is 149 Å². The highest BCUT2D eigenvalue weighted by molar-refractivity contribution is 5.85. The summed E-state index contributed by atoms with van der Waals surface area (Å²) in [6.07, 6.45) is 6.54. The molecule has 6 heteroatoms. The first-order valence-corrected chi connectivity index (χ1v) is 7.64. The maximum absolute atomic E-state index is 6.33. The van der Waals surface area contributed by atoms with E-state index in [-0.39, 0.29) is 42.4 Å². The van der Waals surface area contributed by atoms with Crippen LogP contribution in [0, 0.1) is 0 Å². The van der Waals surface area contributed by atoms with E-state index >= 15 is 0 Å². The van der Waals surface area contributed by atoms with E-state index in [0.717, 1.165) is 37.4 Å². The molecule has 2 heterocycles. The number of halogens is 2. The lowest BCUT2D eigenvalue weighted by Crippen LogP contribution is -2.44. The van der Waals surface area contributed by atoms with Crippen molar-refractivity contribution in [3.8, 4) is 11.5 Å². The number of benzene rings is 1. The van der Waals surface area contributed by atoms with Crippen LogP contribution in [0.5, 0.6) is 11.5 Å². The fourth-order valence-electron chi connectivity index (χ4n) is 4.12. The molecular weight excluding hydrogens is 335 g/mol. The molecule has 1 aromatic carbocycles. The van der Waals surface area contributed by atoms with Crippen LogP contribution in [0.15, 0.2) is 24.3 Å². The van der Waals surface area contributed by atoms with Gasteiger partial charge in [0.05, 0.1) is 12.5 Å². The first-order valence-electron chi connectivity index (χ1n) is 7.64. The van der Waals surface area contributed by atoms with Gasteiger partial charge in [-0.2, -0.15) is 0 Å². The maximum Gasteiger partial charge on any atom is 0.166 e. The highest BCUT2D eigenvalue weighted by Crippen LogP contribution is 2.55. The summed E-state index contributed by atoms with van der Waals surface area (Å²) in [4.78, 5) is 2.38. The van der Waals surface area contributed by atoms with Gasteiger partial charge in [-0.3, -0.25) is 0 Å². The SMILES string of the molecule is COc1ccc2c3c1O[C@H]1C[C@H](N)C=C[C@@]31CCN(C)C2.Cl.Cl. The van der Waals surface area contributed by atoms with Crippen molar-refractivity contribution in [2.75, 3.05) is 20.7 Å². The van der Waals surface area contributed by atoms with Gasteiger partial charge in [-0.1, -0.05) is 18.2 Å². The van der Waals surface area contributed by atoms with Gasteiger partial charge in [0.1, 0.15) is 6.10 Å². The minimum Gasteiger partial charge on any atom is -0.493 e. The molecule has 0 saturated carbocycles. The Hall–Kier alpha value is -0.940. The Morgan fingerprint density at radius 2 is 2.13 bits per heavy atom. The molecule has 4 nitrogen and oxygen atoms in total. The average Bonchev–Trinajstić information content (AvgIpc) is 2.72. The summed E-state index contributed by atoms with van der Waals surface area (Å²) >= 11 is 0. The van der Waals surface area contributed by atoms with Crippen LogP contribution in [0.4, 0.5) is 0 Å². The Kier molecular flexibility index (Phi) is 5.21. The Bertz CT molecular complexity index is 623. The summed E-state index contributed by atoms with van der Waals surface area (Å²) in [5, 5.41) is 0. The highest BCUT2D eigenvalue weighted by Gasteiger charge is 2.52. The molecule has 0 saturated heterocycles. The molecule has 0 fully saturated rings. The lowest BCUT2D eigenvalue weighted by molar-refractivity contribution is 0.134. The molecule has 1 aliphatic carbocycles.